The van der Waals surface area contributed by atoms with E-state index in [4.69, 9.17) is 4.84 Å². The molecule has 0 heterocycles. The van der Waals surface area contributed by atoms with E-state index < -0.39 is 4.92 Å². The van der Waals surface area contributed by atoms with Crippen molar-refractivity contribution in [2.45, 2.75) is 26.4 Å². The second-order valence-corrected chi connectivity index (χ2v) is 4.47. The molecule has 5 heteroatoms. The van der Waals surface area contributed by atoms with Gasteiger partial charge in [0.2, 0.25) is 0 Å². The lowest BCUT2D eigenvalue weighted by Crippen LogP contribution is -2.30. The molecule has 0 atom stereocenters. The van der Waals surface area contributed by atoms with Crippen LogP contribution in [0.1, 0.15) is 20.8 Å². The lowest BCUT2D eigenvalue weighted by molar-refractivity contribution is -0.384. The van der Waals surface area contributed by atoms with Gasteiger partial charge in [-0.2, -0.15) is 0 Å². The predicted octanol–water partition coefficient (Wildman–Crippen LogP) is 2.76. The van der Waals surface area contributed by atoms with E-state index in [1.165, 1.54) is 12.1 Å². The van der Waals surface area contributed by atoms with Gasteiger partial charge >= 0.3 is 0 Å². The van der Waals surface area contributed by atoms with E-state index in [9.17, 15) is 10.1 Å². The smallest absolute Gasteiger partial charge is 0.268 e. The van der Waals surface area contributed by atoms with Gasteiger partial charge in [-0.15, -0.1) is 0 Å². The molecule has 0 radical (unpaired) electrons. The maximum absolute atomic E-state index is 10.5. The number of hydroxylamine groups is 1. The molecule has 1 aromatic carbocycles. The van der Waals surface area contributed by atoms with Gasteiger partial charge < -0.3 is 0 Å². The van der Waals surface area contributed by atoms with Crippen molar-refractivity contribution in [3.63, 3.8) is 0 Å². The van der Waals surface area contributed by atoms with Gasteiger partial charge in [-0.05, 0) is 32.9 Å². The van der Waals surface area contributed by atoms with Crippen LogP contribution in [0.2, 0.25) is 0 Å². The van der Waals surface area contributed by atoms with Gasteiger partial charge in [-0.1, -0.05) is 0 Å². The zero-order valence-corrected chi connectivity index (χ0v) is 9.93. The molecule has 0 aliphatic carbocycles. The third-order valence-electron chi connectivity index (χ3n) is 1.83. The quantitative estimate of drug-likeness (QED) is 0.585. The van der Waals surface area contributed by atoms with Gasteiger partial charge in [-0.25, -0.2) is 0 Å². The third kappa shape index (κ3) is 3.51. The number of non-ortho nitro benzene ring substituents is 1. The van der Waals surface area contributed by atoms with Crippen LogP contribution in [0, 0.1) is 10.1 Å². The normalized spacial score (nSPS) is 11.2. The first-order valence-electron chi connectivity index (χ1n) is 4.97. The Balaban J connectivity index is 2.78. The molecule has 0 fully saturated rings. The van der Waals surface area contributed by atoms with Gasteiger partial charge in [0, 0.05) is 19.2 Å². The highest BCUT2D eigenvalue weighted by Crippen LogP contribution is 2.21. The molecule has 0 saturated carbocycles. The Morgan fingerprint density at radius 2 is 1.75 bits per heavy atom. The fourth-order valence-electron chi connectivity index (χ4n) is 1.25. The van der Waals surface area contributed by atoms with Crippen LogP contribution < -0.4 is 5.06 Å². The van der Waals surface area contributed by atoms with Crippen molar-refractivity contribution in [2.24, 2.45) is 0 Å². The summed E-state index contributed by atoms with van der Waals surface area (Å²) in [4.78, 5) is 15.6. The van der Waals surface area contributed by atoms with Crippen molar-refractivity contribution in [1.82, 2.24) is 0 Å². The Bertz CT molecular complexity index is 368. The van der Waals surface area contributed by atoms with E-state index in [1.54, 1.807) is 24.2 Å². The van der Waals surface area contributed by atoms with Gasteiger partial charge in [0.1, 0.15) is 0 Å². The Morgan fingerprint density at radius 1 is 1.25 bits per heavy atom. The van der Waals surface area contributed by atoms with Crippen LogP contribution in [0.3, 0.4) is 0 Å². The summed E-state index contributed by atoms with van der Waals surface area (Å²) in [5.41, 5.74) is 0.560. The summed E-state index contributed by atoms with van der Waals surface area (Å²) in [7, 11) is 1.77. The van der Waals surface area contributed by atoms with Gasteiger partial charge in [0.15, 0.2) is 0 Å². The Hall–Kier alpha value is -1.62. The van der Waals surface area contributed by atoms with E-state index in [2.05, 4.69) is 0 Å². The maximum Gasteiger partial charge on any atom is 0.269 e. The summed E-state index contributed by atoms with van der Waals surface area (Å²) in [5, 5.41) is 12.1. The van der Waals surface area contributed by atoms with E-state index in [-0.39, 0.29) is 11.3 Å². The van der Waals surface area contributed by atoms with Crippen LogP contribution >= 0.6 is 0 Å². The predicted molar refractivity (Wildman–Crippen MR) is 62.3 cm³/mol. The first kappa shape index (κ1) is 12.4. The van der Waals surface area contributed by atoms with Crippen molar-refractivity contribution >= 4 is 11.4 Å². The fourth-order valence-corrected chi connectivity index (χ4v) is 1.25. The van der Waals surface area contributed by atoms with Crippen molar-refractivity contribution in [1.29, 1.82) is 0 Å². The van der Waals surface area contributed by atoms with Crippen LogP contribution in [-0.4, -0.2) is 17.6 Å². The number of nitro benzene ring substituents is 1. The SMILES string of the molecule is CN(OC(C)(C)C)c1ccc([N+](=O)[O-])cc1. The molecule has 0 unspecified atom stereocenters. The average Bonchev–Trinajstić information content (AvgIpc) is 2.15. The van der Waals surface area contributed by atoms with Crippen LogP contribution in [-0.2, 0) is 4.84 Å². The van der Waals surface area contributed by atoms with Crippen LogP contribution in [0.25, 0.3) is 0 Å². The average molecular weight is 224 g/mol. The Morgan fingerprint density at radius 3 is 2.12 bits per heavy atom. The summed E-state index contributed by atoms with van der Waals surface area (Å²) in [6.45, 7) is 5.82. The molecular formula is C11H16N2O3. The second-order valence-electron chi connectivity index (χ2n) is 4.47. The van der Waals surface area contributed by atoms with Crippen LogP contribution in [0.5, 0.6) is 0 Å². The second kappa shape index (κ2) is 4.49. The number of hydrogen-bond donors (Lipinski definition) is 0. The number of nitrogens with zero attached hydrogens (tertiary/aromatic N) is 2. The summed E-state index contributed by atoms with van der Waals surface area (Å²) in [6.07, 6.45) is 0. The zero-order valence-electron chi connectivity index (χ0n) is 9.93. The number of rotatable bonds is 3. The topological polar surface area (TPSA) is 55.6 Å². The number of benzene rings is 1. The fraction of sp³-hybridized carbons (Fsp3) is 0.455. The highest BCUT2D eigenvalue weighted by atomic mass is 16.7. The highest BCUT2D eigenvalue weighted by molar-refractivity contribution is 5.48. The van der Waals surface area contributed by atoms with E-state index >= 15 is 0 Å². The van der Waals surface area contributed by atoms with Crippen molar-refractivity contribution in [3.05, 3.63) is 34.4 Å². The molecule has 0 amide bonds. The highest BCUT2D eigenvalue weighted by Gasteiger charge is 2.15. The first-order valence-corrected chi connectivity index (χ1v) is 4.97. The van der Waals surface area contributed by atoms with E-state index in [0.717, 1.165) is 5.69 Å². The minimum atomic E-state index is -0.422. The molecule has 5 nitrogen and oxygen atoms in total. The van der Waals surface area contributed by atoms with Gasteiger partial charge in [-0.3, -0.25) is 20.0 Å². The number of hydrogen-bond acceptors (Lipinski definition) is 4. The summed E-state index contributed by atoms with van der Waals surface area (Å²) >= 11 is 0. The summed E-state index contributed by atoms with van der Waals surface area (Å²) < 4.78 is 0. The minimum absolute atomic E-state index is 0.0768. The summed E-state index contributed by atoms with van der Waals surface area (Å²) in [6, 6.07) is 6.23. The van der Waals surface area contributed by atoms with Crippen LogP contribution in [0.15, 0.2) is 24.3 Å². The molecule has 0 N–H and O–H groups in total. The largest absolute Gasteiger partial charge is 0.269 e. The first-order chi connectivity index (χ1) is 7.29. The molecule has 0 aromatic heterocycles. The maximum atomic E-state index is 10.5. The van der Waals surface area contributed by atoms with Gasteiger partial charge in [0.05, 0.1) is 16.2 Å². The molecular weight excluding hydrogens is 208 g/mol. The monoisotopic (exact) mass is 224 g/mol. The molecule has 0 bridgehead atoms. The van der Waals surface area contributed by atoms with E-state index in [0.29, 0.717) is 0 Å². The third-order valence-corrected chi connectivity index (χ3v) is 1.83. The minimum Gasteiger partial charge on any atom is -0.268 e. The zero-order chi connectivity index (χ0) is 12.3. The lowest BCUT2D eigenvalue weighted by atomic mass is 10.2. The standard InChI is InChI=1S/C11H16N2O3/c1-11(2,3)16-12(4)9-5-7-10(8-6-9)13(14)15/h5-8H,1-4H3. The van der Waals surface area contributed by atoms with Crippen LogP contribution in [0.4, 0.5) is 11.4 Å². The lowest BCUT2D eigenvalue weighted by Gasteiger charge is -2.28. The number of nitro groups is 1. The molecule has 0 aliphatic rings. The Kier molecular flexibility index (Phi) is 3.49. The van der Waals surface area contributed by atoms with Crippen molar-refractivity contribution < 1.29 is 9.76 Å². The molecule has 88 valence electrons. The number of anilines is 1. The molecule has 1 aromatic rings. The molecule has 0 spiro atoms. The summed E-state index contributed by atoms with van der Waals surface area (Å²) in [5.74, 6) is 0. The van der Waals surface area contributed by atoms with Crippen molar-refractivity contribution in [3.8, 4) is 0 Å². The molecule has 0 saturated heterocycles. The molecule has 0 aliphatic heterocycles. The van der Waals surface area contributed by atoms with E-state index in [1.807, 2.05) is 20.8 Å². The Labute approximate surface area is 94.7 Å². The molecule has 1 rings (SSSR count). The van der Waals surface area contributed by atoms with Gasteiger partial charge in [0.25, 0.3) is 5.69 Å². The molecule has 16 heavy (non-hydrogen) atoms. The van der Waals surface area contributed by atoms with Crippen molar-refractivity contribution in [2.75, 3.05) is 12.1 Å².